The normalized spacial score (nSPS) is 15.8. The third-order valence-corrected chi connectivity index (χ3v) is 7.60. The summed E-state index contributed by atoms with van der Waals surface area (Å²) >= 11 is 3.42. The van der Waals surface area contributed by atoms with Gasteiger partial charge in [0.15, 0.2) is 0 Å². The van der Waals surface area contributed by atoms with Crippen LogP contribution in [0.4, 0.5) is 0 Å². The minimum Gasteiger partial charge on any atom is -0.346 e. The van der Waals surface area contributed by atoms with E-state index < -0.39 is 10.0 Å². The van der Waals surface area contributed by atoms with Crippen LogP contribution in [0.1, 0.15) is 41.7 Å². The summed E-state index contributed by atoms with van der Waals surface area (Å²) in [7, 11) is -3.52. The summed E-state index contributed by atoms with van der Waals surface area (Å²) in [5.41, 5.74) is 1.95. The lowest BCUT2D eigenvalue weighted by Gasteiger charge is -2.20. The lowest BCUT2D eigenvalue weighted by Crippen LogP contribution is -2.32. The SMILES string of the molecule is O=C(NCc1cn2cc(Br)ccc2n1)c1ccc(S(=O)(=O)N2CCCCCC2)cc1. The molecule has 0 spiro atoms. The van der Waals surface area contributed by atoms with Crippen molar-refractivity contribution in [3.8, 4) is 0 Å². The van der Waals surface area contributed by atoms with Crippen LogP contribution in [-0.2, 0) is 16.6 Å². The van der Waals surface area contributed by atoms with Crippen LogP contribution in [0.25, 0.3) is 5.65 Å². The number of benzene rings is 1. The Bertz CT molecular complexity index is 1150. The van der Waals surface area contributed by atoms with E-state index >= 15 is 0 Å². The van der Waals surface area contributed by atoms with E-state index in [1.54, 1.807) is 16.4 Å². The summed E-state index contributed by atoms with van der Waals surface area (Å²) in [5.74, 6) is -0.271. The molecule has 0 bridgehead atoms. The first kappa shape index (κ1) is 21.0. The number of carbonyl (C=O) groups is 1. The smallest absolute Gasteiger partial charge is 0.251 e. The molecule has 7 nitrogen and oxygen atoms in total. The lowest BCUT2D eigenvalue weighted by atomic mass is 10.2. The van der Waals surface area contributed by atoms with Crippen molar-refractivity contribution < 1.29 is 13.2 Å². The second kappa shape index (κ2) is 8.87. The van der Waals surface area contributed by atoms with Crippen molar-refractivity contribution in [2.75, 3.05) is 13.1 Å². The van der Waals surface area contributed by atoms with Gasteiger partial charge in [-0.1, -0.05) is 12.8 Å². The Kier molecular flexibility index (Phi) is 6.21. The van der Waals surface area contributed by atoms with E-state index in [4.69, 9.17) is 0 Å². The minimum absolute atomic E-state index is 0.229. The molecular formula is C21H23BrN4O3S. The molecule has 1 aliphatic rings. The molecule has 1 fully saturated rings. The second-order valence-electron chi connectivity index (χ2n) is 7.37. The molecule has 0 radical (unpaired) electrons. The van der Waals surface area contributed by atoms with Crippen molar-refractivity contribution in [2.45, 2.75) is 37.1 Å². The number of carbonyl (C=O) groups excluding carboxylic acids is 1. The van der Waals surface area contributed by atoms with Crippen LogP contribution in [0, 0.1) is 0 Å². The van der Waals surface area contributed by atoms with E-state index in [-0.39, 0.29) is 17.3 Å². The number of pyridine rings is 1. The van der Waals surface area contributed by atoms with Gasteiger partial charge in [0.1, 0.15) is 5.65 Å². The average Bonchev–Trinajstić information content (AvgIpc) is 2.94. The lowest BCUT2D eigenvalue weighted by molar-refractivity contribution is 0.0950. The van der Waals surface area contributed by atoms with Crippen LogP contribution >= 0.6 is 15.9 Å². The zero-order chi connectivity index (χ0) is 21.1. The third kappa shape index (κ3) is 4.58. The van der Waals surface area contributed by atoms with Crippen LogP contribution in [0.2, 0.25) is 0 Å². The molecule has 1 aromatic carbocycles. The number of nitrogens with one attached hydrogen (secondary N) is 1. The van der Waals surface area contributed by atoms with E-state index in [0.29, 0.717) is 18.7 Å². The standard InChI is InChI=1S/C21H23BrN4O3S/c22-17-7-10-20-24-18(15-25(20)14-17)13-23-21(27)16-5-8-19(9-6-16)30(28,29)26-11-3-1-2-4-12-26/h5-10,14-15H,1-4,11-13H2,(H,23,27). The van der Waals surface area contributed by atoms with E-state index in [0.717, 1.165) is 41.5 Å². The number of hydrogen-bond acceptors (Lipinski definition) is 4. The fourth-order valence-corrected chi connectivity index (χ4v) is 5.45. The van der Waals surface area contributed by atoms with Crippen molar-refractivity contribution in [1.29, 1.82) is 0 Å². The van der Waals surface area contributed by atoms with Crippen LogP contribution in [0.15, 0.2) is 58.2 Å². The number of imidazole rings is 1. The Morgan fingerprint density at radius 3 is 2.40 bits per heavy atom. The zero-order valence-electron chi connectivity index (χ0n) is 16.4. The molecule has 9 heteroatoms. The maximum Gasteiger partial charge on any atom is 0.251 e. The monoisotopic (exact) mass is 490 g/mol. The molecule has 2 aromatic heterocycles. The van der Waals surface area contributed by atoms with Gasteiger partial charge < -0.3 is 9.72 Å². The van der Waals surface area contributed by atoms with Gasteiger partial charge in [0.2, 0.25) is 10.0 Å². The topological polar surface area (TPSA) is 83.8 Å². The quantitative estimate of drug-likeness (QED) is 0.592. The molecule has 0 saturated carbocycles. The maximum absolute atomic E-state index is 12.9. The number of halogens is 1. The molecular weight excluding hydrogens is 468 g/mol. The van der Waals surface area contributed by atoms with Crippen LogP contribution in [0.5, 0.6) is 0 Å². The summed E-state index contributed by atoms with van der Waals surface area (Å²) in [6.07, 6.45) is 7.66. The van der Waals surface area contributed by atoms with Crippen molar-refractivity contribution in [1.82, 2.24) is 19.0 Å². The fourth-order valence-electron chi connectivity index (χ4n) is 3.58. The summed E-state index contributed by atoms with van der Waals surface area (Å²) in [4.78, 5) is 17.2. The molecule has 0 atom stereocenters. The van der Waals surface area contributed by atoms with E-state index in [1.165, 1.54) is 12.1 Å². The summed E-state index contributed by atoms with van der Waals surface area (Å²) in [5, 5.41) is 2.83. The number of aromatic nitrogens is 2. The van der Waals surface area contributed by atoms with E-state index in [9.17, 15) is 13.2 Å². The second-order valence-corrected chi connectivity index (χ2v) is 10.2. The molecule has 1 aliphatic heterocycles. The van der Waals surface area contributed by atoms with Gasteiger partial charge in [0.25, 0.3) is 5.91 Å². The number of nitrogens with zero attached hydrogens (tertiary/aromatic N) is 3. The van der Waals surface area contributed by atoms with Crippen molar-refractivity contribution in [2.24, 2.45) is 0 Å². The molecule has 1 N–H and O–H groups in total. The Morgan fingerprint density at radius 1 is 1.00 bits per heavy atom. The molecule has 3 aromatic rings. The van der Waals surface area contributed by atoms with E-state index in [1.807, 2.05) is 28.9 Å². The minimum atomic E-state index is -3.52. The summed E-state index contributed by atoms with van der Waals surface area (Å²) in [6, 6.07) is 9.93. The molecule has 1 saturated heterocycles. The largest absolute Gasteiger partial charge is 0.346 e. The van der Waals surface area contributed by atoms with Gasteiger partial charge in [-0.2, -0.15) is 4.31 Å². The number of hydrogen-bond donors (Lipinski definition) is 1. The van der Waals surface area contributed by atoms with Crippen LogP contribution in [0.3, 0.4) is 0 Å². The van der Waals surface area contributed by atoms with Gasteiger partial charge in [0.05, 0.1) is 17.1 Å². The zero-order valence-corrected chi connectivity index (χ0v) is 18.8. The molecule has 0 unspecified atom stereocenters. The predicted octanol–water partition coefficient (Wildman–Crippen LogP) is 3.59. The number of rotatable bonds is 5. The highest BCUT2D eigenvalue weighted by Gasteiger charge is 2.25. The highest BCUT2D eigenvalue weighted by Crippen LogP contribution is 2.21. The van der Waals surface area contributed by atoms with Gasteiger partial charge in [-0.05, 0) is 65.2 Å². The molecule has 0 aliphatic carbocycles. The summed E-state index contributed by atoms with van der Waals surface area (Å²) < 4.78 is 30.1. The van der Waals surface area contributed by atoms with Crippen molar-refractivity contribution in [3.05, 3.63) is 64.5 Å². The molecule has 158 valence electrons. The third-order valence-electron chi connectivity index (χ3n) is 5.21. The van der Waals surface area contributed by atoms with Gasteiger partial charge in [-0.25, -0.2) is 13.4 Å². The van der Waals surface area contributed by atoms with Crippen LogP contribution in [-0.4, -0.2) is 41.1 Å². The van der Waals surface area contributed by atoms with Gasteiger partial charge in [0, 0.05) is 35.5 Å². The highest BCUT2D eigenvalue weighted by molar-refractivity contribution is 9.10. The molecule has 3 heterocycles. The van der Waals surface area contributed by atoms with Crippen LogP contribution < -0.4 is 5.32 Å². The number of fused-ring (bicyclic) bond motifs is 1. The van der Waals surface area contributed by atoms with Crippen molar-refractivity contribution in [3.63, 3.8) is 0 Å². The predicted molar refractivity (Wildman–Crippen MR) is 118 cm³/mol. The number of sulfonamides is 1. The maximum atomic E-state index is 12.9. The first-order valence-corrected chi connectivity index (χ1v) is 12.2. The Labute approximate surface area is 184 Å². The van der Waals surface area contributed by atoms with Crippen molar-refractivity contribution >= 4 is 37.5 Å². The molecule has 1 amide bonds. The van der Waals surface area contributed by atoms with Gasteiger partial charge >= 0.3 is 0 Å². The first-order valence-electron chi connectivity index (χ1n) is 9.95. The fraction of sp³-hybridized carbons (Fsp3) is 0.333. The number of amides is 1. The Morgan fingerprint density at radius 2 is 1.70 bits per heavy atom. The van der Waals surface area contributed by atoms with E-state index in [2.05, 4.69) is 26.2 Å². The Hall–Kier alpha value is -2.23. The highest BCUT2D eigenvalue weighted by atomic mass is 79.9. The average molecular weight is 491 g/mol. The van der Waals surface area contributed by atoms with Gasteiger partial charge in [-0.15, -0.1) is 0 Å². The Balaban J connectivity index is 1.42. The van der Waals surface area contributed by atoms with Gasteiger partial charge in [-0.3, -0.25) is 4.79 Å². The molecule has 30 heavy (non-hydrogen) atoms. The first-order chi connectivity index (χ1) is 14.4. The molecule has 4 rings (SSSR count). The summed E-state index contributed by atoms with van der Waals surface area (Å²) in [6.45, 7) is 1.40.